The molecule has 0 spiro atoms. The molecule has 106 valence electrons. The molecule has 1 unspecified atom stereocenters. The van der Waals surface area contributed by atoms with Crippen molar-refractivity contribution in [3.05, 3.63) is 35.9 Å². The smallest absolute Gasteiger partial charge is 0.0136 e. The summed E-state index contributed by atoms with van der Waals surface area (Å²) in [5, 5.41) is 0. The lowest BCUT2D eigenvalue weighted by molar-refractivity contribution is 0.455. The molecule has 0 aliphatic heterocycles. The van der Waals surface area contributed by atoms with Crippen LogP contribution in [-0.2, 0) is 5.41 Å². The lowest BCUT2D eigenvalue weighted by Gasteiger charge is -2.24. The van der Waals surface area contributed by atoms with Crippen molar-refractivity contribution in [1.82, 2.24) is 0 Å². The topological polar surface area (TPSA) is 26.0 Å². The second-order valence-electron chi connectivity index (χ2n) is 6.19. The Bertz CT molecular complexity index is 353. The van der Waals surface area contributed by atoms with Crippen LogP contribution in [0.3, 0.4) is 0 Å². The number of rotatable bonds is 9. The minimum absolute atomic E-state index is 0.324. The third-order valence-electron chi connectivity index (χ3n) is 4.72. The van der Waals surface area contributed by atoms with Gasteiger partial charge in [0.2, 0.25) is 0 Å². The van der Waals surface area contributed by atoms with Crippen molar-refractivity contribution >= 4 is 0 Å². The maximum Gasteiger partial charge on any atom is 0.0136 e. The zero-order valence-corrected chi connectivity index (χ0v) is 12.4. The summed E-state index contributed by atoms with van der Waals surface area (Å²) >= 11 is 0. The second kappa shape index (κ2) is 7.09. The van der Waals surface area contributed by atoms with Gasteiger partial charge in [0.1, 0.15) is 0 Å². The molecule has 1 fully saturated rings. The molecule has 1 saturated carbocycles. The summed E-state index contributed by atoms with van der Waals surface area (Å²) in [5.41, 5.74) is 8.28. The molecule has 0 saturated heterocycles. The van der Waals surface area contributed by atoms with Gasteiger partial charge in [-0.05, 0) is 24.8 Å². The second-order valence-corrected chi connectivity index (χ2v) is 6.19. The Morgan fingerprint density at radius 1 is 1.00 bits per heavy atom. The van der Waals surface area contributed by atoms with E-state index in [2.05, 4.69) is 37.3 Å². The molecule has 1 aromatic rings. The number of unbranched alkanes of at least 4 members (excludes halogenated alkanes) is 5. The normalized spacial score (nSPS) is 18.2. The molecule has 1 heteroatoms. The predicted octanol–water partition coefficient (Wildman–Crippen LogP) is 4.80. The van der Waals surface area contributed by atoms with Gasteiger partial charge in [0.05, 0.1) is 0 Å². The Balaban J connectivity index is 1.73. The van der Waals surface area contributed by atoms with E-state index in [4.69, 9.17) is 5.73 Å². The minimum atomic E-state index is 0.324. The summed E-state index contributed by atoms with van der Waals surface area (Å²) in [6, 6.07) is 11.3. The molecule has 0 amide bonds. The van der Waals surface area contributed by atoms with Crippen molar-refractivity contribution < 1.29 is 0 Å². The fourth-order valence-electron chi connectivity index (χ4n) is 3.20. The van der Waals surface area contributed by atoms with E-state index in [1.807, 2.05) is 0 Å². The predicted molar refractivity (Wildman–Crippen MR) is 83.3 cm³/mol. The molecule has 1 atom stereocenters. The van der Waals surface area contributed by atoms with Crippen molar-refractivity contribution in [2.75, 3.05) is 0 Å². The van der Waals surface area contributed by atoms with E-state index in [1.165, 1.54) is 63.4 Å². The molecule has 0 bridgehead atoms. The van der Waals surface area contributed by atoms with Crippen molar-refractivity contribution in [2.24, 2.45) is 5.73 Å². The van der Waals surface area contributed by atoms with Crippen LogP contribution in [0.15, 0.2) is 30.3 Å². The number of hydrogen-bond acceptors (Lipinski definition) is 1. The molecule has 1 aliphatic rings. The zero-order chi connectivity index (χ0) is 13.6. The number of hydrogen-bond donors (Lipinski definition) is 1. The van der Waals surface area contributed by atoms with Crippen molar-refractivity contribution in [1.29, 1.82) is 0 Å². The van der Waals surface area contributed by atoms with Crippen molar-refractivity contribution in [2.45, 2.75) is 76.2 Å². The van der Waals surface area contributed by atoms with Crippen LogP contribution in [0, 0.1) is 0 Å². The molecule has 0 heterocycles. The average molecular weight is 259 g/mol. The Kier molecular flexibility index (Phi) is 5.45. The average Bonchev–Trinajstić information content (AvgIpc) is 3.25. The molecule has 1 aliphatic carbocycles. The quantitative estimate of drug-likeness (QED) is 0.634. The minimum Gasteiger partial charge on any atom is -0.327 e. The molecule has 1 nitrogen and oxygen atoms in total. The highest BCUT2D eigenvalue weighted by Gasteiger charge is 2.48. The fourth-order valence-corrected chi connectivity index (χ4v) is 3.20. The highest BCUT2D eigenvalue weighted by atomic mass is 14.7. The van der Waals surface area contributed by atoms with E-state index < -0.39 is 0 Å². The molecule has 1 aromatic carbocycles. The summed E-state index contributed by atoms with van der Waals surface area (Å²) < 4.78 is 0. The van der Waals surface area contributed by atoms with Gasteiger partial charge in [0.25, 0.3) is 0 Å². The van der Waals surface area contributed by atoms with Crippen molar-refractivity contribution in [3.8, 4) is 0 Å². The molecule has 19 heavy (non-hydrogen) atoms. The van der Waals surface area contributed by atoms with Crippen LogP contribution in [0.4, 0.5) is 0 Å². The van der Waals surface area contributed by atoms with Gasteiger partial charge in [-0.15, -0.1) is 0 Å². The molecular weight excluding hydrogens is 230 g/mol. The third-order valence-corrected chi connectivity index (χ3v) is 4.72. The van der Waals surface area contributed by atoms with Crippen LogP contribution in [0.5, 0.6) is 0 Å². The molecule has 2 rings (SSSR count). The lowest BCUT2D eigenvalue weighted by Crippen LogP contribution is -2.34. The molecule has 2 N–H and O–H groups in total. The van der Waals surface area contributed by atoms with Gasteiger partial charge in [0.15, 0.2) is 0 Å². The first-order valence-corrected chi connectivity index (χ1v) is 8.11. The SMILES string of the molecule is CCCCCCCCC(N)C1(c2ccccc2)CC1. The van der Waals surface area contributed by atoms with Gasteiger partial charge < -0.3 is 5.73 Å². The first-order chi connectivity index (χ1) is 9.29. The van der Waals surface area contributed by atoms with Gasteiger partial charge in [-0.2, -0.15) is 0 Å². The number of nitrogens with two attached hydrogens (primary N) is 1. The summed E-state index contributed by atoms with van der Waals surface area (Å²) in [7, 11) is 0. The summed E-state index contributed by atoms with van der Waals surface area (Å²) in [5.74, 6) is 0. The zero-order valence-electron chi connectivity index (χ0n) is 12.4. The fraction of sp³-hybridized carbons (Fsp3) is 0.667. The standard InChI is InChI=1S/C18H29N/c1-2-3-4-5-6-10-13-17(19)18(14-15-18)16-11-8-7-9-12-16/h7-9,11-12,17H,2-6,10,13-15,19H2,1H3. The molecule has 0 aromatic heterocycles. The van der Waals surface area contributed by atoms with E-state index in [0.29, 0.717) is 11.5 Å². The van der Waals surface area contributed by atoms with Gasteiger partial charge in [0, 0.05) is 11.5 Å². The van der Waals surface area contributed by atoms with Crippen LogP contribution in [0.1, 0.15) is 70.3 Å². The van der Waals surface area contributed by atoms with Crippen LogP contribution < -0.4 is 5.73 Å². The monoisotopic (exact) mass is 259 g/mol. The van der Waals surface area contributed by atoms with E-state index in [0.717, 1.165) is 0 Å². The van der Waals surface area contributed by atoms with E-state index >= 15 is 0 Å². The maximum atomic E-state index is 6.49. The van der Waals surface area contributed by atoms with Gasteiger partial charge >= 0.3 is 0 Å². The van der Waals surface area contributed by atoms with Crippen LogP contribution in [-0.4, -0.2) is 6.04 Å². The van der Waals surface area contributed by atoms with Gasteiger partial charge in [-0.1, -0.05) is 75.8 Å². The molecule has 0 radical (unpaired) electrons. The molecular formula is C18H29N. The van der Waals surface area contributed by atoms with Crippen molar-refractivity contribution in [3.63, 3.8) is 0 Å². The Labute approximate surface area is 118 Å². The first kappa shape index (κ1) is 14.6. The summed E-state index contributed by atoms with van der Waals surface area (Å²) in [6.07, 6.45) is 11.9. The lowest BCUT2D eigenvalue weighted by atomic mass is 9.85. The highest BCUT2D eigenvalue weighted by Crippen LogP contribution is 2.51. The van der Waals surface area contributed by atoms with Gasteiger partial charge in [-0.25, -0.2) is 0 Å². The first-order valence-electron chi connectivity index (χ1n) is 8.11. The summed E-state index contributed by atoms with van der Waals surface area (Å²) in [4.78, 5) is 0. The largest absolute Gasteiger partial charge is 0.327 e. The van der Waals surface area contributed by atoms with Crippen LogP contribution in [0.2, 0.25) is 0 Å². The van der Waals surface area contributed by atoms with Crippen LogP contribution in [0.25, 0.3) is 0 Å². The maximum absolute atomic E-state index is 6.49. The van der Waals surface area contributed by atoms with Gasteiger partial charge in [-0.3, -0.25) is 0 Å². The third kappa shape index (κ3) is 3.82. The van der Waals surface area contributed by atoms with Crippen LogP contribution >= 0.6 is 0 Å². The Morgan fingerprint density at radius 2 is 1.63 bits per heavy atom. The van der Waals surface area contributed by atoms with E-state index in [9.17, 15) is 0 Å². The number of benzene rings is 1. The Hall–Kier alpha value is -0.820. The highest BCUT2D eigenvalue weighted by molar-refractivity contribution is 5.33. The van der Waals surface area contributed by atoms with E-state index in [1.54, 1.807) is 0 Å². The summed E-state index contributed by atoms with van der Waals surface area (Å²) in [6.45, 7) is 2.27. The van der Waals surface area contributed by atoms with E-state index in [-0.39, 0.29) is 0 Å². The Morgan fingerprint density at radius 3 is 2.26 bits per heavy atom.